The number of carboxylic acids is 1. The van der Waals surface area contributed by atoms with E-state index in [2.05, 4.69) is 20.9 Å². The van der Waals surface area contributed by atoms with Crippen LogP contribution in [-0.2, 0) is 0 Å². The summed E-state index contributed by atoms with van der Waals surface area (Å²) in [5, 5.41) is 8.71. The van der Waals surface area contributed by atoms with Crippen LogP contribution < -0.4 is 0 Å². The van der Waals surface area contributed by atoms with E-state index in [4.69, 9.17) is 5.11 Å². The Morgan fingerprint density at radius 1 is 1.38 bits per heavy atom. The van der Waals surface area contributed by atoms with Crippen molar-refractivity contribution < 1.29 is 14.7 Å². The van der Waals surface area contributed by atoms with Gasteiger partial charge >= 0.3 is 5.97 Å². The lowest BCUT2D eigenvalue weighted by molar-refractivity contribution is 0.0691. The van der Waals surface area contributed by atoms with E-state index in [1.165, 1.54) is 23.6 Å². The standard InChI is InChI=1S/C10H6BrNO3S/c11-8-2-1-7(16-8)9(13)5-3-6(10(14)15)12-4-5/h1-4,12H,(H,14,15). The number of aromatic amines is 1. The lowest BCUT2D eigenvalue weighted by Crippen LogP contribution is -1.97. The molecule has 0 aliphatic carbocycles. The number of nitrogens with one attached hydrogen (secondary N) is 1. The van der Waals surface area contributed by atoms with E-state index < -0.39 is 5.97 Å². The van der Waals surface area contributed by atoms with Crippen LogP contribution in [0, 0.1) is 0 Å². The second-order valence-corrected chi connectivity index (χ2v) is 5.50. The normalized spacial score (nSPS) is 10.3. The zero-order chi connectivity index (χ0) is 11.7. The van der Waals surface area contributed by atoms with Gasteiger partial charge in [-0.25, -0.2) is 4.79 Å². The maximum absolute atomic E-state index is 11.9. The molecule has 0 unspecified atom stereocenters. The summed E-state index contributed by atoms with van der Waals surface area (Å²) in [6.07, 6.45) is 1.40. The Hall–Kier alpha value is -1.40. The quantitative estimate of drug-likeness (QED) is 0.856. The van der Waals surface area contributed by atoms with Gasteiger partial charge in [-0.1, -0.05) is 0 Å². The Morgan fingerprint density at radius 3 is 2.62 bits per heavy atom. The summed E-state index contributed by atoms with van der Waals surface area (Å²) in [6, 6.07) is 4.81. The Bertz CT molecular complexity index is 558. The average molecular weight is 300 g/mol. The summed E-state index contributed by atoms with van der Waals surface area (Å²) in [5.41, 5.74) is 0.366. The molecule has 0 atom stereocenters. The highest BCUT2D eigenvalue weighted by molar-refractivity contribution is 9.11. The third kappa shape index (κ3) is 2.07. The zero-order valence-corrected chi connectivity index (χ0v) is 10.3. The van der Waals surface area contributed by atoms with Gasteiger partial charge in [0.1, 0.15) is 5.69 Å². The van der Waals surface area contributed by atoms with Crippen molar-refractivity contribution >= 4 is 39.0 Å². The molecule has 6 heteroatoms. The molecule has 4 nitrogen and oxygen atoms in total. The minimum atomic E-state index is -1.08. The van der Waals surface area contributed by atoms with Crippen molar-refractivity contribution in [3.05, 3.63) is 44.3 Å². The molecule has 0 amide bonds. The molecule has 0 saturated carbocycles. The van der Waals surface area contributed by atoms with Gasteiger partial charge in [0.2, 0.25) is 5.78 Å². The number of carbonyl (C=O) groups excluding carboxylic acids is 1. The number of H-pyrrole nitrogens is 1. The van der Waals surface area contributed by atoms with Gasteiger partial charge in [0.15, 0.2) is 0 Å². The largest absolute Gasteiger partial charge is 0.477 e. The van der Waals surface area contributed by atoms with Crippen LogP contribution in [-0.4, -0.2) is 21.8 Å². The van der Waals surface area contributed by atoms with Gasteiger partial charge in [0.25, 0.3) is 0 Å². The van der Waals surface area contributed by atoms with E-state index >= 15 is 0 Å². The molecular weight excluding hydrogens is 294 g/mol. The molecule has 2 heterocycles. The first-order valence-corrected chi connectivity index (χ1v) is 5.90. The van der Waals surface area contributed by atoms with E-state index in [1.54, 1.807) is 12.1 Å². The van der Waals surface area contributed by atoms with Crippen LogP contribution in [0.15, 0.2) is 28.2 Å². The molecule has 0 aromatic carbocycles. The first-order chi connectivity index (χ1) is 7.58. The van der Waals surface area contributed by atoms with Crippen LogP contribution in [0.25, 0.3) is 0 Å². The molecular formula is C10H6BrNO3S. The number of aromatic nitrogens is 1. The summed E-state index contributed by atoms with van der Waals surface area (Å²) in [4.78, 5) is 25.6. The number of hydrogen-bond acceptors (Lipinski definition) is 3. The molecule has 0 saturated heterocycles. The van der Waals surface area contributed by atoms with Gasteiger partial charge in [-0.05, 0) is 34.1 Å². The molecule has 2 aromatic heterocycles. The van der Waals surface area contributed by atoms with E-state index in [0.717, 1.165) is 3.79 Å². The van der Waals surface area contributed by atoms with Crippen molar-refractivity contribution in [1.82, 2.24) is 4.98 Å². The van der Waals surface area contributed by atoms with Gasteiger partial charge in [0, 0.05) is 11.8 Å². The van der Waals surface area contributed by atoms with Crippen LogP contribution in [0.3, 0.4) is 0 Å². The first-order valence-electron chi connectivity index (χ1n) is 4.29. The van der Waals surface area contributed by atoms with Crippen molar-refractivity contribution in [2.75, 3.05) is 0 Å². The fourth-order valence-corrected chi connectivity index (χ4v) is 2.58. The monoisotopic (exact) mass is 299 g/mol. The first kappa shape index (κ1) is 11.1. The summed E-state index contributed by atoms with van der Waals surface area (Å²) in [6.45, 7) is 0. The maximum Gasteiger partial charge on any atom is 0.352 e. The third-order valence-electron chi connectivity index (χ3n) is 1.97. The number of aromatic carboxylic acids is 1. The molecule has 2 rings (SSSR count). The van der Waals surface area contributed by atoms with Crippen LogP contribution in [0.2, 0.25) is 0 Å². The number of thiophene rings is 1. The Kier molecular flexibility index (Phi) is 2.93. The second kappa shape index (κ2) is 4.23. The topological polar surface area (TPSA) is 70.2 Å². The van der Waals surface area contributed by atoms with Gasteiger partial charge in [-0.2, -0.15) is 0 Å². The minimum Gasteiger partial charge on any atom is -0.477 e. The lowest BCUT2D eigenvalue weighted by Gasteiger charge is -1.91. The molecule has 0 bridgehead atoms. The van der Waals surface area contributed by atoms with Crippen LogP contribution in [0.1, 0.15) is 25.7 Å². The highest BCUT2D eigenvalue weighted by atomic mass is 79.9. The number of rotatable bonds is 3. The number of hydrogen-bond donors (Lipinski definition) is 2. The van der Waals surface area contributed by atoms with Crippen molar-refractivity contribution in [1.29, 1.82) is 0 Å². The Labute approximate surface area is 103 Å². The van der Waals surface area contributed by atoms with Crippen LogP contribution in [0.5, 0.6) is 0 Å². The van der Waals surface area contributed by atoms with Crippen molar-refractivity contribution in [3.8, 4) is 0 Å². The van der Waals surface area contributed by atoms with E-state index in [-0.39, 0.29) is 11.5 Å². The van der Waals surface area contributed by atoms with Crippen molar-refractivity contribution in [3.63, 3.8) is 0 Å². The summed E-state index contributed by atoms with van der Waals surface area (Å²) < 4.78 is 0.866. The molecule has 0 spiro atoms. The number of ketones is 1. The zero-order valence-electron chi connectivity index (χ0n) is 7.86. The summed E-state index contributed by atoms with van der Waals surface area (Å²) in [7, 11) is 0. The SMILES string of the molecule is O=C(O)c1cc(C(=O)c2ccc(Br)s2)c[nH]1. The van der Waals surface area contributed by atoms with Gasteiger partial charge in [0.05, 0.1) is 8.66 Å². The smallest absolute Gasteiger partial charge is 0.352 e. The predicted molar refractivity (Wildman–Crippen MR) is 63.2 cm³/mol. The van der Waals surface area contributed by atoms with Crippen molar-refractivity contribution in [2.45, 2.75) is 0 Å². The molecule has 0 radical (unpaired) electrons. The van der Waals surface area contributed by atoms with Gasteiger partial charge in [-0.3, -0.25) is 4.79 Å². The van der Waals surface area contributed by atoms with E-state index in [1.807, 2.05) is 0 Å². The molecule has 16 heavy (non-hydrogen) atoms. The highest BCUT2D eigenvalue weighted by Gasteiger charge is 2.15. The summed E-state index contributed by atoms with van der Waals surface area (Å²) >= 11 is 4.58. The second-order valence-electron chi connectivity index (χ2n) is 3.04. The van der Waals surface area contributed by atoms with E-state index in [0.29, 0.717) is 10.4 Å². The molecule has 2 N–H and O–H groups in total. The van der Waals surface area contributed by atoms with Gasteiger partial charge < -0.3 is 10.1 Å². The molecule has 0 aliphatic heterocycles. The molecule has 2 aromatic rings. The Balaban J connectivity index is 2.30. The predicted octanol–water partition coefficient (Wildman–Crippen LogP) is 2.77. The molecule has 0 fully saturated rings. The average Bonchev–Trinajstić information content (AvgIpc) is 2.84. The molecule has 0 aliphatic rings. The molecule has 82 valence electrons. The summed E-state index contributed by atoms with van der Waals surface area (Å²) in [5.74, 6) is -1.26. The number of halogens is 1. The maximum atomic E-state index is 11.9. The van der Waals surface area contributed by atoms with Crippen LogP contribution >= 0.6 is 27.3 Å². The fraction of sp³-hybridized carbons (Fsp3) is 0. The van der Waals surface area contributed by atoms with Crippen molar-refractivity contribution in [2.24, 2.45) is 0 Å². The highest BCUT2D eigenvalue weighted by Crippen LogP contribution is 2.24. The minimum absolute atomic E-state index is 0.0129. The number of carboxylic acid groups (broad SMARTS) is 1. The van der Waals surface area contributed by atoms with Gasteiger partial charge in [-0.15, -0.1) is 11.3 Å². The fourth-order valence-electron chi connectivity index (χ4n) is 1.23. The third-order valence-corrected chi connectivity index (χ3v) is 3.60. The van der Waals surface area contributed by atoms with E-state index in [9.17, 15) is 9.59 Å². The Morgan fingerprint density at radius 2 is 2.12 bits per heavy atom. The number of carbonyl (C=O) groups is 2. The lowest BCUT2D eigenvalue weighted by atomic mass is 10.2. The van der Waals surface area contributed by atoms with Crippen LogP contribution in [0.4, 0.5) is 0 Å².